The number of piperidine rings is 3. The fraction of sp³-hybridized carbons (Fsp3) is 0.500. The first-order chi connectivity index (χ1) is 9.40. The van der Waals surface area contributed by atoms with Gasteiger partial charge in [-0.15, -0.1) is 23.7 Å². The molecule has 0 spiro atoms. The first-order valence-electron chi connectivity index (χ1n) is 7.19. The minimum Gasteiger partial charge on any atom is -0.372 e. The van der Waals surface area contributed by atoms with Crippen molar-refractivity contribution in [3.63, 3.8) is 0 Å². The van der Waals surface area contributed by atoms with Crippen LogP contribution in [0.25, 0.3) is 10.1 Å². The Hall–Kier alpha value is -0.610. The van der Waals surface area contributed by atoms with Crippen molar-refractivity contribution in [1.29, 1.82) is 0 Å². The van der Waals surface area contributed by atoms with Gasteiger partial charge in [0.25, 0.3) is 0 Å². The average molecular weight is 310 g/mol. The summed E-state index contributed by atoms with van der Waals surface area (Å²) in [6, 6.07) is 8.63. The highest BCUT2D eigenvalue weighted by molar-refractivity contribution is 7.17. The van der Waals surface area contributed by atoms with Crippen LogP contribution < -0.4 is 0 Å². The SMILES string of the molecule is Cl.c1ccc2c(COC3CN4CCC3CC4)csc2c1. The summed E-state index contributed by atoms with van der Waals surface area (Å²) >= 11 is 1.83. The Bertz CT molecular complexity index is 577. The Morgan fingerprint density at radius 3 is 2.75 bits per heavy atom. The van der Waals surface area contributed by atoms with E-state index in [-0.39, 0.29) is 12.4 Å². The molecule has 20 heavy (non-hydrogen) atoms. The van der Waals surface area contributed by atoms with Gasteiger partial charge >= 0.3 is 0 Å². The minimum atomic E-state index is 0. The van der Waals surface area contributed by atoms with Crippen molar-refractivity contribution >= 4 is 33.8 Å². The van der Waals surface area contributed by atoms with Gasteiger partial charge in [0.2, 0.25) is 0 Å². The van der Waals surface area contributed by atoms with E-state index in [4.69, 9.17) is 4.74 Å². The molecule has 1 atom stereocenters. The molecule has 0 saturated carbocycles. The summed E-state index contributed by atoms with van der Waals surface area (Å²) in [6.07, 6.45) is 3.12. The number of ether oxygens (including phenoxy) is 1. The zero-order chi connectivity index (χ0) is 12.7. The van der Waals surface area contributed by atoms with Crippen molar-refractivity contribution in [3.05, 3.63) is 35.2 Å². The summed E-state index contributed by atoms with van der Waals surface area (Å²) in [5.74, 6) is 0.801. The van der Waals surface area contributed by atoms with Crippen LogP contribution in [0.2, 0.25) is 0 Å². The fourth-order valence-corrected chi connectivity index (χ4v) is 4.39. The average Bonchev–Trinajstić information content (AvgIpc) is 2.90. The molecule has 2 nitrogen and oxygen atoms in total. The van der Waals surface area contributed by atoms with E-state index in [2.05, 4.69) is 34.5 Å². The van der Waals surface area contributed by atoms with E-state index >= 15 is 0 Å². The lowest BCUT2D eigenvalue weighted by Crippen LogP contribution is -2.51. The molecule has 3 aliphatic rings. The topological polar surface area (TPSA) is 12.5 Å². The first kappa shape index (κ1) is 14.3. The molecule has 3 fully saturated rings. The van der Waals surface area contributed by atoms with Crippen LogP contribution in [-0.2, 0) is 11.3 Å². The van der Waals surface area contributed by atoms with Crippen LogP contribution in [0.15, 0.2) is 29.6 Å². The number of hydrogen-bond acceptors (Lipinski definition) is 3. The second-order valence-electron chi connectivity index (χ2n) is 5.74. The van der Waals surface area contributed by atoms with Crippen LogP contribution in [0, 0.1) is 5.92 Å². The minimum absolute atomic E-state index is 0. The highest BCUT2D eigenvalue weighted by Crippen LogP contribution is 2.31. The Kier molecular flexibility index (Phi) is 4.32. The molecule has 3 saturated heterocycles. The molecule has 3 aliphatic heterocycles. The third-order valence-corrected chi connectivity index (χ3v) is 5.62. The quantitative estimate of drug-likeness (QED) is 0.851. The van der Waals surface area contributed by atoms with E-state index < -0.39 is 0 Å². The lowest BCUT2D eigenvalue weighted by molar-refractivity contribution is -0.0762. The van der Waals surface area contributed by atoms with Gasteiger partial charge in [0, 0.05) is 11.2 Å². The van der Waals surface area contributed by atoms with Gasteiger partial charge < -0.3 is 9.64 Å². The molecular weight excluding hydrogens is 290 g/mol. The van der Waals surface area contributed by atoms with Crippen molar-refractivity contribution in [1.82, 2.24) is 4.90 Å². The maximum atomic E-state index is 6.23. The van der Waals surface area contributed by atoms with Crippen LogP contribution in [0.4, 0.5) is 0 Å². The normalized spacial score (nSPS) is 28.5. The van der Waals surface area contributed by atoms with Crippen molar-refractivity contribution in [3.8, 4) is 0 Å². The third-order valence-electron chi connectivity index (χ3n) is 4.61. The van der Waals surface area contributed by atoms with Crippen LogP contribution in [0.5, 0.6) is 0 Å². The van der Waals surface area contributed by atoms with E-state index in [1.165, 1.54) is 41.6 Å². The summed E-state index contributed by atoms with van der Waals surface area (Å²) in [6.45, 7) is 4.49. The van der Waals surface area contributed by atoms with Crippen molar-refractivity contribution < 1.29 is 4.74 Å². The Morgan fingerprint density at radius 1 is 1.20 bits per heavy atom. The van der Waals surface area contributed by atoms with Gasteiger partial charge in [-0.25, -0.2) is 0 Å². The van der Waals surface area contributed by atoms with E-state index in [1.54, 1.807) is 0 Å². The third kappa shape index (κ3) is 2.60. The van der Waals surface area contributed by atoms with Crippen molar-refractivity contribution in [2.24, 2.45) is 5.92 Å². The van der Waals surface area contributed by atoms with Crippen molar-refractivity contribution in [2.75, 3.05) is 19.6 Å². The lowest BCUT2D eigenvalue weighted by Gasteiger charge is -2.44. The largest absolute Gasteiger partial charge is 0.372 e. The maximum Gasteiger partial charge on any atom is 0.0735 e. The molecule has 108 valence electrons. The smallest absolute Gasteiger partial charge is 0.0735 e. The molecule has 4 heteroatoms. The summed E-state index contributed by atoms with van der Waals surface area (Å²) in [5.41, 5.74) is 1.36. The molecule has 0 radical (unpaired) electrons. The van der Waals surface area contributed by atoms with Crippen LogP contribution in [-0.4, -0.2) is 30.6 Å². The number of hydrogen-bond donors (Lipinski definition) is 0. The van der Waals surface area contributed by atoms with E-state index in [1.807, 2.05) is 11.3 Å². The van der Waals surface area contributed by atoms with Gasteiger partial charge in [-0.2, -0.15) is 0 Å². The predicted octanol–water partition coefficient (Wildman–Crippen LogP) is 3.93. The molecular formula is C16H20ClNOS. The Labute approximate surface area is 130 Å². The molecule has 1 unspecified atom stereocenters. The zero-order valence-corrected chi connectivity index (χ0v) is 13.1. The van der Waals surface area contributed by atoms with E-state index in [0.29, 0.717) is 6.10 Å². The Morgan fingerprint density at radius 2 is 2.00 bits per heavy atom. The molecule has 0 amide bonds. The predicted molar refractivity (Wildman–Crippen MR) is 86.8 cm³/mol. The standard InChI is InChI=1S/C16H19NOS.ClH/c1-2-4-16-14(3-1)13(11-19-16)10-18-15-9-17-7-5-12(15)6-8-17;/h1-4,11-12,15H,5-10H2;1H. The van der Waals surface area contributed by atoms with Gasteiger partial charge in [-0.1, -0.05) is 18.2 Å². The second-order valence-corrected chi connectivity index (χ2v) is 6.66. The van der Waals surface area contributed by atoms with Crippen LogP contribution in [0.3, 0.4) is 0 Å². The van der Waals surface area contributed by atoms with E-state index in [9.17, 15) is 0 Å². The van der Waals surface area contributed by atoms with Gasteiger partial charge in [0.1, 0.15) is 0 Å². The number of fused-ring (bicyclic) bond motifs is 4. The zero-order valence-electron chi connectivity index (χ0n) is 11.5. The number of nitrogens with zero attached hydrogens (tertiary/aromatic N) is 1. The first-order valence-corrected chi connectivity index (χ1v) is 8.07. The van der Waals surface area contributed by atoms with Crippen LogP contribution >= 0.6 is 23.7 Å². The second kappa shape index (κ2) is 6.02. The van der Waals surface area contributed by atoms with E-state index in [0.717, 1.165) is 19.1 Å². The molecule has 0 aliphatic carbocycles. The monoisotopic (exact) mass is 309 g/mol. The molecule has 0 N–H and O–H groups in total. The van der Waals surface area contributed by atoms with Gasteiger partial charge in [-0.3, -0.25) is 0 Å². The van der Waals surface area contributed by atoms with Gasteiger partial charge in [0.15, 0.2) is 0 Å². The lowest BCUT2D eigenvalue weighted by atomic mass is 9.86. The number of halogens is 1. The summed E-state index contributed by atoms with van der Waals surface area (Å²) < 4.78 is 7.60. The highest BCUT2D eigenvalue weighted by Gasteiger charge is 2.34. The molecule has 1 aromatic heterocycles. The van der Waals surface area contributed by atoms with Crippen LogP contribution in [0.1, 0.15) is 18.4 Å². The van der Waals surface area contributed by atoms with Gasteiger partial charge in [0.05, 0.1) is 12.7 Å². The summed E-state index contributed by atoms with van der Waals surface area (Å²) in [7, 11) is 0. The molecule has 2 bridgehead atoms. The molecule has 5 rings (SSSR count). The maximum absolute atomic E-state index is 6.23. The fourth-order valence-electron chi connectivity index (χ4n) is 3.44. The number of thiophene rings is 1. The summed E-state index contributed by atoms with van der Waals surface area (Å²) in [4.78, 5) is 2.55. The number of rotatable bonds is 3. The molecule has 1 aromatic carbocycles. The Balaban J connectivity index is 0.00000121. The summed E-state index contributed by atoms with van der Waals surface area (Å²) in [5, 5.41) is 3.63. The van der Waals surface area contributed by atoms with Gasteiger partial charge in [-0.05, 0) is 54.2 Å². The van der Waals surface area contributed by atoms with Crippen molar-refractivity contribution in [2.45, 2.75) is 25.6 Å². The number of benzene rings is 1. The highest BCUT2D eigenvalue weighted by atomic mass is 35.5. The molecule has 4 heterocycles. The molecule has 2 aromatic rings.